The van der Waals surface area contributed by atoms with Gasteiger partial charge in [0, 0.05) is 37.0 Å². The second kappa shape index (κ2) is 6.79. The standard InChI is InChI=1S/C15H29NO2S/c1-3-14(4-2,11-17)10-16-13-5-7-18-15(9-13)6-8-19-12-15/h13,16-17H,3-12H2,1-2H3. The first-order chi connectivity index (χ1) is 9.17. The van der Waals surface area contributed by atoms with E-state index >= 15 is 0 Å². The molecule has 2 saturated heterocycles. The number of ether oxygens (including phenoxy) is 1. The number of aliphatic hydroxyl groups excluding tert-OH is 1. The van der Waals surface area contributed by atoms with Crippen LogP contribution in [-0.2, 0) is 4.74 Å². The maximum absolute atomic E-state index is 9.64. The molecule has 1 spiro atoms. The highest BCUT2D eigenvalue weighted by molar-refractivity contribution is 7.99. The molecule has 0 aromatic rings. The lowest BCUT2D eigenvalue weighted by molar-refractivity contribution is -0.0716. The van der Waals surface area contributed by atoms with Crippen molar-refractivity contribution in [2.24, 2.45) is 5.41 Å². The molecule has 2 fully saturated rings. The molecule has 3 nitrogen and oxygen atoms in total. The van der Waals surface area contributed by atoms with Crippen LogP contribution in [0.1, 0.15) is 46.0 Å². The van der Waals surface area contributed by atoms with Crippen LogP contribution in [0.2, 0.25) is 0 Å². The van der Waals surface area contributed by atoms with E-state index in [1.165, 1.54) is 12.2 Å². The monoisotopic (exact) mass is 287 g/mol. The second-order valence-corrected chi connectivity index (χ2v) is 7.38. The van der Waals surface area contributed by atoms with E-state index in [1.807, 2.05) is 11.8 Å². The molecule has 0 radical (unpaired) electrons. The predicted molar refractivity (Wildman–Crippen MR) is 81.8 cm³/mol. The van der Waals surface area contributed by atoms with Gasteiger partial charge in [0.2, 0.25) is 0 Å². The molecule has 4 heteroatoms. The summed E-state index contributed by atoms with van der Waals surface area (Å²) in [5, 5.41) is 13.4. The number of thioether (sulfide) groups is 1. The van der Waals surface area contributed by atoms with Crippen molar-refractivity contribution in [3.63, 3.8) is 0 Å². The number of hydrogen-bond acceptors (Lipinski definition) is 4. The summed E-state index contributed by atoms with van der Waals surface area (Å²) in [6.45, 7) is 6.48. The minimum Gasteiger partial charge on any atom is -0.396 e. The van der Waals surface area contributed by atoms with Gasteiger partial charge in [0.15, 0.2) is 0 Å². The Morgan fingerprint density at radius 2 is 2.21 bits per heavy atom. The van der Waals surface area contributed by atoms with E-state index in [4.69, 9.17) is 4.74 Å². The van der Waals surface area contributed by atoms with Crippen LogP contribution in [0.4, 0.5) is 0 Å². The van der Waals surface area contributed by atoms with E-state index in [0.29, 0.717) is 6.04 Å². The zero-order valence-electron chi connectivity index (χ0n) is 12.4. The van der Waals surface area contributed by atoms with Crippen molar-refractivity contribution < 1.29 is 9.84 Å². The maximum atomic E-state index is 9.64. The van der Waals surface area contributed by atoms with Gasteiger partial charge in [-0.05, 0) is 37.9 Å². The molecule has 2 aliphatic heterocycles. The number of rotatable bonds is 6. The summed E-state index contributed by atoms with van der Waals surface area (Å²) in [5.74, 6) is 2.41. The van der Waals surface area contributed by atoms with Crippen LogP contribution >= 0.6 is 11.8 Å². The Bertz CT molecular complexity index is 267. The third-order valence-corrected chi connectivity index (χ3v) is 6.38. The van der Waals surface area contributed by atoms with Gasteiger partial charge in [0.1, 0.15) is 0 Å². The molecule has 2 atom stereocenters. The molecule has 2 aliphatic rings. The van der Waals surface area contributed by atoms with Gasteiger partial charge in [-0.2, -0.15) is 11.8 Å². The van der Waals surface area contributed by atoms with Crippen LogP contribution < -0.4 is 5.32 Å². The van der Waals surface area contributed by atoms with E-state index in [-0.39, 0.29) is 17.6 Å². The Hall–Kier alpha value is 0.230. The molecule has 2 heterocycles. The van der Waals surface area contributed by atoms with Gasteiger partial charge in [-0.25, -0.2) is 0 Å². The Morgan fingerprint density at radius 1 is 1.42 bits per heavy atom. The first kappa shape index (κ1) is 15.6. The molecule has 2 rings (SSSR count). The van der Waals surface area contributed by atoms with E-state index in [0.717, 1.165) is 44.6 Å². The predicted octanol–water partition coefficient (Wildman–Crippen LogP) is 2.43. The molecule has 0 bridgehead atoms. The quantitative estimate of drug-likeness (QED) is 0.787. The molecule has 0 aliphatic carbocycles. The molecular weight excluding hydrogens is 258 g/mol. The lowest BCUT2D eigenvalue weighted by atomic mass is 9.82. The van der Waals surface area contributed by atoms with E-state index in [2.05, 4.69) is 19.2 Å². The third-order valence-electron chi connectivity index (χ3n) is 5.16. The van der Waals surface area contributed by atoms with Gasteiger partial charge in [-0.15, -0.1) is 0 Å². The second-order valence-electron chi connectivity index (χ2n) is 6.27. The average molecular weight is 287 g/mol. The summed E-state index contributed by atoms with van der Waals surface area (Å²) in [7, 11) is 0. The average Bonchev–Trinajstić information content (AvgIpc) is 2.89. The van der Waals surface area contributed by atoms with Crippen LogP contribution in [-0.4, -0.2) is 48.0 Å². The van der Waals surface area contributed by atoms with Crippen molar-refractivity contribution in [3.8, 4) is 0 Å². The molecule has 0 saturated carbocycles. The molecule has 2 N–H and O–H groups in total. The van der Waals surface area contributed by atoms with Crippen LogP contribution in [0.3, 0.4) is 0 Å². The summed E-state index contributed by atoms with van der Waals surface area (Å²) in [6.07, 6.45) is 5.55. The van der Waals surface area contributed by atoms with Crippen molar-refractivity contribution in [2.45, 2.75) is 57.6 Å². The van der Waals surface area contributed by atoms with Crippen molar-refractivity contribution in [2.75, 3.05) is 31.3 Å². The van der Waals surface area contributed by atoms with Crippen molar-refractivity contribution >= 4 is 11.8 Å². The lowest BCUT2D eigenvalue weighted by Crippen LogP contribution is -2.50. The first-order valence-electron chi connectivity index (χ1n) is 7.73. The fourth-order valence-electron chi connectivity index (χ4n) is 3.21. The Kier molecular flexibility index (Phi) is 5.58. The lowest BCUT2D eigenvalue weighted by Gasteiger charge is -2.40. The largest absolute Gasteiger partial charge is 0.396 e. The molecule has 0 amide bonds. The van der Waals surface area contributed by atoms with Gasteiger partial charge >= 0.3 is 0 Å². The van der Waals surface area contributed by atoms with Crippen LogP contribution in [0.25, 0.3) is 0 Å². The van der Waals surface area contributed by atoms with Crippen molar-refractivity contribution in [1.82, 2.24) is 5.32 Å². The fourth-order valence-corrected chi connectivity index (χ4v) is 4.58. The molecule has 0 aromatic carbocycles. The van der Waals surface area contributed by atoms with Crippen molar-refractivity contribution in [3.05, 3.63) is 0 Å². The summed E-state index contributed by atoms with van der Waals surface area (Å²) in [6, 6.07) is 0.566. The molecule has 19 heavy (non-hydrogen) atoms. The highest BCUT2D eigenvalue weighted by Gasteiger charge is 2.40. The summed E-state index contributed by atoms with van der Waals surface area (Å²) in [5.41, 5.74) is 0.219. The van der Waals surface area contributed by atoms with Gasteiger partial charge < -0.3 is 15.2 Å². The minimum absolute atomic E-state index is 0.0654. The van der Waals surface area contributed by atoms with Crippen LogP contribution in [0.15, 0.2) is 0 Å². The van der Waals surface area contributed by atoms with Gasteiger partial charge in [-0.3, -0.25) is 0 Å². The molecular formula is C15H29NO2S. The van der Waals surface area contributed by atoms with Gasteiger partial charge in [-0.1, -0.05) is 13.8 Å². The van der Waals surface area contributed by atoms with Crippen LogP contribution in [0.5, 0.6) is 0 Å². The summed E-state index contributed by atoms with van der Waals surface area (Å²) >= 11 is 2.03. The fraction of sp³-hybridized carbons (Fsp3) is 1.00. The summed E-state index contributed by atoms with van der Waals surface area (Å²) in [4.78, 5) is 0. The normalized spacial score (nSPS) is 32.1. The topological polar surface area (TPSA) is 41.5 Å². The number of aliphatic hydroxyl groups is 1. The molecule has 2 unspecified atom stereocenters. The SMILES string of the molecule is CCC(CC)(CO)CNC1CCOC2(CCSC2)C1. The Morgan fingerprint density at radius 3 is 2.79 bits per heavy atom. The molecule has 112 valence electrons. The number of hydrogen-bond donors (Lipinski definition) is 2. The highest BCUT2D eigenvalue weighted by atomic mass is 32.2. The third kappa shape index (κ3) is 3.66. The number of nitrogens with one attached hydrogen (secondary N) is 1. The van der Waals surface area contributed by atoms with Gasteiger partial charge in [0.25, 0.3) is 0 Å². The van der Waals surface area contributed by atoms with E-state index in [1.54, 1.807) is 0 Å². The van der Waals surface area contributed by atoms with E-state index in [9.17, 15) is 5.11 Å². The smallest absolute Gasteiger partial charge is 0.0795 e. The zero-order chi connectivity index (χ0) is 13.8. The highest BCUT2D eigenvalue weighted by Crippen LogP contribution is 2.38. The maximum Gasteiger partial charge on any atom is 0.0795 e. The van der Waals surface area contributed by atoms with E-state index < -0.39 is 0 Å². The molecule has 0 aromatic heterocycles. The summed E-state index contributed by atoms with van der Waals surface area (Å²) < 4.78 is 6.06. The van der Waals surface area contributed by atoms with Crippen LogP contribution in [0, 0.1) is 5.41 Å². The zero-order valence-corrected chi connectivity index (χ0v) is 13.2. The minimum atomic E-state index is 0.0654. The van der Waals surface area contributed by atoms with Crippen molar-refractivity contribution in [1.29, 1.82) is 0 Å². The first-order valence-corrected chi connectivity index (χ1v) is 8.89. The van der Waals surface area contributed by atoms with Gasteiger partial charge in [0.05, 0.1) is 5.60 Å². The Labute approximate surface area is 121 Å². The Balaban J connectivity index is 1.85.